The molecule has 0 radical (unpaired) electrons. The number of rotatable bonds is 6. The van der Waals surface area contributed by atoms with Crippen molar-refractivity contribution < 1.29 is 9.53 Å². The van der Waals surface area contributed by atoms with E-state index in [1.807, 2.05) is 49.4 Å². The van der Waals surface area contributed by atoms with E-state index in [0.717, 1.165) is 17.0 Å². The van der Waals surface area contributed by atoms with Gasteiger partial charge in [-0.05, 0) is 24.6 Å². The number of methoxy groups -OCH3 is 1. The van der Waals surface area contributed by atoms with Crippen molar-refractivity contribution in [2.75, 3.05) is 7.11 Å². The van der Waals surface area contributed by atoms with Crippen LogP contribution in [0.15, 0.2) is 54.9 Å². The quantitative estimate of drug-likeness (QED) is 0.751. The summed E-state index contributed by atoms with van der Waals surface area (Å²) in [6.07, 6.45) is 3.97. The van der Waals surface area contributed by atoms with Crippen LogP contribution in [0.4, 0.5) is 0 Å². The third-order valence-corrected chi connectivity index (χ3v) is 3.95. The molecule has 3 aromatic rings. The van der Waals surface area contributed by atoms with Crippen LogP contribution in [0.2, 0.25) is 0 Å². The highest BCUT2D eigenvalue weighted by Crippen LogP contribution is 2.18. The zero-order valence-corrected chi connectivity index (χ0v) is 14.3. The minimum Gasteiger partial charge on any atom is -0.496 e. The van der Waals surface area contributed by atoms with E-state index in [9.17, 15) is 4.79 Å². The summed E-state index contributed by atoms with van der Waals surface area (Å²) in [5, 5.41) is 7.27. The minimum absolute atomic E-state index is 0.162. The van der Waals surface area contributed by atoms with E-state index in [4.69, 9.17) is 4.74 Å². The lowest BCUT2D eigenvalue weighted by Crippen LogP contribution is -2.24. The van der Waals surface area contributed by atoms with Gasteiger partial charge in [-0.2, -0.15) is 5.10 Å². The normalized spacial score (nSPS) is 10.5. The minimum atomic E-state index is -0.162. The lowest BCUT2D eigenvalue weighted by atomic mass is 10.1. The summed E-state index contributed by atoms with van der Waals surface area (Å²) in [4.78, 5) is 16.9. The van der Waals surface area contributed by atoms with Crippen molar-refractivity contribution in [3.8, 4) is 11.6 Å². The fourth-order valence-corrected chi connectivity index (χ4v) is 2.70. The van der Waals surface area contributed by atoms with Crippen LogP contribution in [0.25, 0.3) is 5.82 Å². The molecule has 0 spiro atoms. The molecule has 6 heteroatoms. The van der Waals surface area contributed by atoms with Crippen molar-refractivity contribution in [2.45, 2.75) is 19.9 Å². The second-order valence-electron chi connectivity index (χ2n) is 5.45. The Balaban J connectivity index is 1.80. The molecule has 0 unspecified atom stereocenters. The molecular formula is C19H20N4O2. The summed E-state index contributed by atoms with van der Waals surface area (Å²) in [7, 11) is 1.62. The van der Waals surface area contributed by atoms with Crippen LogP contribution in [0.5, 0.6) is 5.75 Å². The van der Waals surface area contributed by atoms with Crippen molar-refractivity contribution in [2.24, 2.45) is 0 Å². The van der Waals surface area contributed by atoms with Gasteiger partial charge in [0, 0.05) is 18.3 Å². The van der Waals surface area contributed by atoms with E-state index in [1.54, 1.807) is 24.2 Å². The average molecular weight is 336 g/mol. The van der Waals surface area contributed by atoms with Crippen LogP contribution >= 0.6 is 0 Å². The molecule has 0 saturated heterocycles. The fraction of sp³-hybridized carbons (Fsp3) is 0.211. The zero-order valence-electron chi connectivity index (χ0n) is 14.3. The summed E-state index contributed by atoms with van der Waals surface area (Å²) in [6, 6.07) is 13.2. The molecular weight excluding hydrogens is 316 g/mol. The van der Waals surface area contributed by atoms with Crippen LogP contribution in [-0.4, -0.2) is 27.8 Å². The molecule has 6 nitrogen and oxygen atoms in total. The maximum absolute atomic E-state index is 12.6. The largest absolute Gasteiger partial charge is 0.496 e. The Hall–Kier alpha value is -3.15. The van der Waals surface area contributed by atoms with Gasteiger partial charge in [-0.15, -0.1) is 0 Å². The molecule has 0 aliphatic heterocycles. The van der Waals surface area contributed by atoms with Gasteiger partial charge >= 0.3 is 0 Å². The number of amides is 1. The van der Waals surface area contributed by atoms with Crippen molar-refractivity contribution in [1.82, 2.24) is 20.1 Å². The number of para-hydroxylation sites is 1. The fourth-order valence-electron chi connectivity index (χ4n) is 2.70. The van der Waals surface area contributed by atoms with Gasteiger partial charge in [-0.25, -0.2) is 9.67 Å². The number of carbonyl (C=O) groups is 1. The molecule has 1 N–H and O–H groups in total. The molecule has 0 atom stereocenters. The Morgan fingerprint density at radius 2 is 2.00 bits per heavy atom. The highest BCUT2D eigenvalue weighted by atomic mass is 16.5. The van der Waals surface area contributed by atoms with Crippen molar-refractivity contribution in [1.29, 1.82) is 0 Å². The van der Waals surface area contributed by atoms with E-state index < -0.39 is 0 Å². The lowest BCUT2D eigenvalue weighted by molar-refractivity contribution is 0.0949. The summed E-state index contributed by atoms with van der Waals surface area (Å²) >= 11 is 0. The first kappa shape index (κ1) is 16.7. The predicted molar refractivity (Wildman–Crippen MR) is 94.9 cm³/mol. The molecule has 25 heavy (non-hydrogen) atoms. The van der Waals surface area contributed by atoms with Gasteiger partial charge in [0.2, 0.25) is 0 Å². The molecule has 0 saturated carbocycles. The number of nitrogens with one attached hydrogen (secondary N) is 1. The van der Waals surface area contributed by atoms with Gasteiger partial charge in [0.15, 0.2) is 5.82 Å². The maximum atomic E-state index is 12.6. The van der Waals surface area contributed by atoms with Crippen LogP contribution in [-0.2, 0) is 13.0 Å². The Morgan fingerprint density at radius 3 is 2.72 bits per heavy atom. The number of carbonyl (C=O) groups excluding carboxylic acids is 1. The van der Waals surface area contributed by atoms with Gasteiger partial charge in [0.1, 0.15) is 5.75 Å². The van der Waals surface area contributed by atoms with Crippen LogP contribution in [0.3, 0.4) is 0 Å². The van der Waals surface area contributed by atoms with Gasteiger partial charge in [-0.1, -0.05) is 31.2 Å². The van der Waals surface area contributed by atoms with E-state index in [0.29, 0.717) is 24.3 Å². The topological polar surface area (TPSA) is 69.0 Å². The van der Waals surface area contributed by atoms with Crippen molar-refractivity contribution in [3.63, 3.8) is 0 Å². The third kappa shape index (κ3) is 3.52. The van der Waals surface area contributed by atoms with Crippen LogP contribution < -0.4 is 10.1 Å². The van der Waals surface area contributed by atoms with E-state index >= 15 is 0 Å². The summed E-state index contributed by atoms with van der Waals surface area (Å²) < 4.78 is 7.02. The first-order chi connectivity index (χ1) is 12.2. The van der Waals surface area contributed by atoms with Crippen LogP contribution in [0, 0.1) is 0 Å². The SMILES string of the molecule is CCc1c(C(=O)NCc2ccccc2OC)cnn1-c1ccccn1. The average Bonchev–Trinajstić information content (AvgIpc) is 3.11. The molecule has 128 valence electrons. The number of hydrogen-bond donors (Lipinski definition) is 1. The Bertz CT molecular complexity index is 859. The molecule has 0 fully saturated rings. The van der Waals surface area contributed by atoms with Gasteiger partial charge in [0.05, 0.1) is 24.6 Å². The molecule has 0 aliphatic carbocycles. The molecule has 1 amide bonds. The van der Waals surface area contributed by atoms with Gasteiger partial charge in [0.25, 0.3) is 5.91 Å². The van der Waals surface area contributed by atoms with Crippen molar-refractivity contribution in [3.05, 3.63) is 71.7 Å². The van der Waals surface area contributed by atoms with Crippen molar-refractivity contribution >= 4 is 5.91 Å². The van der Waals surface area contributed by atoms with Crippen LogP contribution in [0.1, 0.15) is 28.5 Å². The molecule has 3 rings (SSSR count). The summed E-state index contributed by atoms with van der Waals surface area (Å²) in [5.41, 5.74) is 2.31. The van der Waals surface area contributed by atoms with E-state index in [-0.39, 0.29) is 5.91 Å². The number of benzene rings is 1. The molecule has 1 aromatic carbocycles. The number of aromatic nitrogens is 3. The lowest BCUT2D eigenvalue weighted by Gasteiger charge is -2.10. The Labute approximate surface area is 146 Å². The highest BCUT2D eigenvalue weighted by molar-refractivity contribution is 5.95. The first-order valence-electron chi connectivity index (χ1n) is 8.13. The van der Waals surface area contributed by atoms with E-state index in [1.165, 1.54) is 0 Å². The summed E-state index contributed by atoms with van der Waals surface area (Å²) in [6.45, 7) is 2.38. The second kappa shape index (κ2) is 7.61. The second-order valence-corrected chi connectivity index (χ2v) is 5.45. The maximum Gasteiger partial charge on any atom is 0.255 e. The molecule has 2 aromatic heterocycles. The van der Waals surface area contributed by atoms with Gasteiger partial charge < -0.3 is 10.1 Å². The number of pyridine rings is 1. The predicted octanol–water partition coefficient (Wildman–Crippen LogP) is 2.77. The molecule has 0 aliphatic rings. The number of hydrogen-bond acceptors (Lipinski definition) is 4. The van der Waals surface area contributed by atoms with E-state index in [2.05, 4.69) is 15.4 Å². The highest BCUT2D eigenvalue weighted by Gasteiger charge is 2.17. The molecule has 0 bridgehead atoms. The first-order valence-corrected chi connectivity index (χ1v) is 8.13. The third-order valence-electron chi connectivity index (χ3n) is 3.95. The number of ether oxygens (including phenoxy) is 1. The zero-order chi connectivity index (χ0) is 17.6. The monoisotopic (exact) mass is 336 g/mol. The molecule has 2 heterocycles. The standard InChI is InChI=1S/C19H20N4O2/c1-3-16-15(13-22-23(16)18-10-6-7-11-20-18)19(24)21-12-14-8-4-5-9-17(14)25-2/h4-11,13H,3,12H2,1-2H3,(H,21,24). The number of nitrogens with zero attached hydrogens (tertiary/aromatic N) is 3. The Morgan fingerprint density at radius 1 is 1.20 bits per heavy atom. The Kier molecular flexibility index (Phi) is 5.09. The summed E-state index contributed by atoms with van der Waals surface area (Å²) in [5.74, 6) is 1.29. The van der Waals surface area contributed by atoms with Gasteiger partial charge in [-0.3, -0.25) is 4.79 Å². The smallest absolute Gasteiger partial charge is 0.255 e.